The number of aliphatic imine (C=N–C) groups is 1. The normalized spacial score (nSPS) is 11.9. The molecular formula is C16H22N4O. The van der Waals surface area contributed by atoms with E-state index in [0.717, 1.165) is 24.2 Å². The third kappa shape index (κ3) is 4.95. The van der Waals surface area contributed by atoms with Crippen LogP contribution in [0.2, 0.25) is 0 Å². The molecule has 21 heavy (non-hydrogen) atoms. The third-order valence-corrected chi connectivity index (χ3v) is 3.01. The first-order valence-corrected chi connectivity index (χ1v) is 7.18. The summed E-state index contributed by atoms with van der Waals surface area (Å²) in [6.45, 7) is 5.60. The first-order valence-electron chi connectivity index (χ1n) is 7.18. The number of aromatic nitrogens is 1. The molecular weight excluding hydrogens is 264 g/mol. The van der Waals surface area contributed by atoms with Crippen LogP contribution < -0.4 is 11.1 Å². The summed E-state index contributed by atoms with van der Waals surface area (Å²) in [7, 11) is 0. The van der Waals surface area contributed by atoms with Gasteiger partial charge < -0.3 is 15.5 Å². The fourth-order valence-electron chi connectivity index (χ4n) is 1.80. The molecule has 5 nitrogen and oxygen atoms in total. The van der Waals surface area contributed by atoms with E-state index < -0.39 is 0 Å². The Bertz CT molecular complexity index is 575. The predicted molar refractivity (Wildman–Crippen MR) is 84.7 cm³/mol. The van der Waals surface area contributed by atoms with Gasteiger partial charge in [0.05, 0.1) is 6.54 Å². The van der Waals surface area contributed by atoms with Crippen LogP contribution in [0.4, 0.5) is 0 Å². The summed E-state index contributed by atoms with van der Waals surface area (Å²) in [6.07, 6.45) is 2.69. The van der Waals surface area contributed by atoms with Gasteiger partial charge in [0.2, 0.25) is 5.89 Å². The first kappa shape index (κ1) is 15.1. The number of hydrogen-bond acceptors (Lipinski definition) is 3. The number of oxazole rings is 1. The van der Waals surface area contributed by atoms with E-state index in [2.05, 4.69) is 29.1 Å². The van der Waals surface area contributed by atoms with Gasteiger partial charge in [0.15, 0.2) is 5.96 Å². The van der Waals surface area contributed by atoms with Crippen LogP contribution in [-0.2, 0) is 6.54 Å². The topological polar surface area (TPSA) is 76.4 Å². The summed E-state index contributed by atoms with van der Waals surface area (Å²) in [6, 6.07) is 9.78. The molecule has 2 aromatic rings. The van der Waals surface area contributed by atoms with Crippen molar-refractivity contribution < 1.29 is 4.42 Å². The van der Waals surface area contributed by atoms with Gasteiger partial charge in [0.25, 0.3) is 0 Å². The Morgan fingerprint density at radius 2 is 2.10 bits per heavy atom. The highest BCUT2D eigenvalue weighted by Gasteiger charge is 2.05. The highest BCUT2D eigenvalue weighted by molar-refractivity contribution is 5.77. The third-order valence-electron chi connectivity index (χ3n) is 3.01. The lowest BCUT2D eigenvalue weighted by atomic mass is 10.1. The molecule has 3 N–H and O–H groups in total. The van der Waals surface area contributed by atoms with E-state index in [9.17, 15) is 0 Å². The summed E-state index contributed by atoms with van der Waals surface area (Å²) < 4.78 is 5.45. The number of nitrogens with zero attached hydrogens (tertiary/aromatic N) is 2. The summed E-state index contributed by atoms with van der Waals surface area (Å²) in [4.78, 5) is 8.66. The molecule has 0 unspecified atom stereocenters. The van der Waals surface area contributed by atoms with Crippen LogP contribution in [-0.4, -0.2) is 17.5 Å². The monoisotopic (exact) mass is 286 g/mol. The molecule has 5 heteroatoms. The van der Waals surface area contributed by atoms with Gasteiger partial charge in [0.1, 0.15) is 12.0 Å². The number of guanidine groups is 1. The summed E-state index contributed by atoms with van der Waals surface area (Å²) in [5.41, 5.74) is 7.53. The summed E-state index contributed by atoms with van der Waals surface area (Å²) >= 11 is 0. The number of nitrogens with two attached hydrogens (primary N) is 1. The Kier molecular flexibility index (Phi) is 5.37. The maximum Gasteiger partial charge on any atom is 0.226 e. The molecule has 112 valence electrons. The van der Waals surface area contributed by atoms with Crippen molar-refractivity contribution in [1.29, 1.82) is 0 Å². The van der Waals surface area contributed by atoms with Crippen molar-refractivity contribution in [3.05, 3.63) is 42.3 Å². The minimum atomic E-state index is 0.414. The van der Waals surface area contributed by atoms with Crippen LogP contribution in [0.5, 0.6) is 0 Å². The van der Waals surface area contributed by atoms with Gasteiger partial charge >= 0.3 is 0 Å². The van der Waals surface area contributed by atoms with Crippen molar-refractivity contribution in [2.75, 3.05) is 6.54 Å². The minimum absolute atomic E-state index is 0.414. The average Bonchev–Trinajstić information content (AvgIpc) is 2.94. The van der Waals surface area contributed by atoms with Gasteiger partial charge in [0, 0.05) is 12.1 Å². The van der Waals surface area contributed by atoms with Crippen LogP contribution in [0.25, 0.3) is 11.5 Å². The van der Waals surface area contributed by atoms with Crippen LogP contribution in [0.15, 0.2) is 46.0 Å². The van der Waals surface area contributed by atoms with Crippen LogP contribution >= 0.6 is 0 Å². The van der Waals surface area contributed by atoms with Crippen molar-refractivity contribution in [2.24, 2.45) is 16.6 Å². The smallest absolute Gasteiger partial charge is 0.226 e. The lowest BCUT2D eigenvalue weighted by Crippen LogP contribution is -2.32. The first-order chi connectivity index (χ1) is 10.1. The highest BCUT2D eigenvalue weighted by Crippen LogP contribution is 2.18. The van der Waals surface area contributed by atoms with Crippen molar-refractivity contribution in [3.63, 3.8) is 0 Å². The zero-order valence-corrected chi connectivity index (χ0v) is 12.5. The fraction of sp³-hybridized carbons (Fsp3) is 0.375. The van der Waals surface area contributed by atoms with E-state index in [4.69, 9.17) is 10.2 Å². The molecule has 0 aliphatic carbocycles. The second-order valence-electron chi connectivity index (χ2n) is 5.32. The molecule has 1 aromatic heterocycles. The number of nitrogens with one attached hydrogen (secondary N) is 1. The van der Waals surface area contributed by atoms with Crippen molar-refractivity contribution in [2.45, 2.75) is 26.8 Å². The van der Waals surface area contributed by atoms with E-state index in [1.54, 1.807) is 6.26 Å². The number of benzene rings is 1. The fourth-order valence-corrected chi connectivity index (χ4v) is 1.80. The maximum atomic E-state index is 5.81. The lowest BCUT2D eigenvalue weighted by Gasteiger charge is -2.06. The largest absolute Gasteiger partial charge is 0.444 e. The average molecular weight is 286 g/mol. The Hall–Kier alpha value is -2.30. The lowest BCUT2D eigenvalue weighted by molar-refractivity contribution is 0.572. The number of rotatable bonds is 6. The molecule has 2 rings (SSSR count). The van der Waals surface area contributed by atoms with Crippen molar-refractivity contribution in [3.8, 4) is 11.5 Å². The van der Waals surface area contributed by atoms with E-state index in [1.807, 2.05) is 30.3 Å². The number of hydrogen-bond donors (Lipinski definition) is 2. The summed E-state index contributed by atoms with van der Waals surface area (Å²) in [5.74, 6) is 1.70. The Labute approximate surface area is 125 Å². The molecule has 0 fully saturated rings. The second-order valence-corrected chi connectivity index (χ2v) is 5.32. The zero-order chi connectivity index (χ0) is 15.1. The standard InChI is InChI=1S/C16H22N4O/c1-12(2)8-9-18-16(17)19-10-14-11-21-15(20-14)13-6-4-3-5-7-13/h3-7,11-12H,8-10H2,1-2H3,(H3,17,18,19). The molecule has 0 bridgehead atoms. The van der Waals surface area contributed by atoms with E-state index in [0.29, 0.717) is 24.3 Å². The van der Waals surface area contributed by atoms with Crippen molar-refractivity contribution in [1.82, 2.24) is 10.3 Å². The van der Waals surface area contributed by atoms with Gasteiger partial charge in [-0.3, -0.25) is 0 Å². The molecule has 0 atom stereocenters. The Balaban J connectivity index is 1.88. The molecule has 0 amide bonds. The van der Waals surface area contributed by atoms with E-state index in [-0.39, 0.29) is 0 Å². The predicted octanol–water partition coefficient (Wildman–Crippen LogP) is 2.79. The Morgan fingerprint density at radius 3 is 2.81 bits per heavy atom. The van der Waals surface area contributed by atoms with E-state index in [1.165, 1.54) is 0 Å². The second kappa shape index (κ2) is 7.47. The SMILES string of the molecule is CC(C)CCNC(N)=NCc1coc(-c2ccccc2)n1. The molecule has 0 aliphatic heterocycles. The molecule has 1 aromatic carbocycles. The quantitative estimate of drug-likeness (QED) is 0.632. The van der Waals surface area contributed by atoms with Gasteiger partial charge in [-0.1, -0.05) is 32.0 Å². The van der Waals surface area contributed by atoms with Crippen LogP contribution in [0.1, 0.15) is 26.0 Å². The summed E-state index contributed by atoms with van der Waals surface area (Å²) in [5, 5.41) is 3.09. The van der Waals surface area contributed by atoms with Gasteiger partial charge in [-0.2, -0.15) is 0 Å². The molecule has 0 saturated carbocycles. The maximum absolute atomic E-state index is 5.81. The van der Waals surface area contributed by atoms with E-state index >= 15 is 0 Å². The highest BCUT2D eigenvalue weighted by atomic mass is 16.3. The van der Waals surface area contributed by atoms with Crippen molar-refractivity contribution >= 4 is 5.96 Å². The molecule has 0 saturated heterocycles. The van der Waals surface area contributed by atoms with Gasteiger partial charge in [-0.25, -0.2) is 9.98 Å². The van der Waals surface area contributed by atoms with Gasteiger partial charge in [-0.15, -0.1) is 0 Å². The minimum Gasteiger partial charge on any atom is -0.444 e. The molecule has 1 heterocycles. The molecule has 0 aliphatic rings. The van der Waals surface area contributed by atoms with Gasteiger partial charge in [-0.05, 0) is 24.5 Å². The molecule has 0 spiro atoms. The molecule has 0 radical (unpaired) electrons. The Morgan fingerprint density at radius 1 is 1.33 bits per heavy atom. The van der Waals surface area contributed by atoms with Crippen LogP contribution in [0, 0.1) is 5.92 Å². The zero-order valence-electron chi connectivity index (χ0n) is 12.5. The van der Waals surface area contributed by atoms with Crippen LogP contribution in [0.3, 0.4) is 0 Å².